The molecule has 328 valence electrons. The number of fused-ring (bicyclic) bond motifs is 4. The quantitative estimate of drug-likeness (QED) is 0.117. The topological polar surface area (TPSA) is 325 Å². The standard InChI is InChI=1S/C42H52N6O13/c1-40(16-30(43)50)22(5-9-33(54)55)27-15-42-41(2,17-31(51)48-42)23(6-10-34(56)57)26(47-42)13-24-20(11-35(58)59)19(4-8-32(52)53)39(45-24)37-28(49)7-3-18-21(12-36(60)61)25(46-38(18)37)14-29(40)44-27/h13,18-23,25,27,47H,3-12,14-17H2,1-2H3,(H2,43,50)(H,48,51)(H,52,53)(H,54,55)(H,56,57)(H,58,59)(H,60,61)/t18-,19-,20-,21-,22+,23+,25?,27-,40-,41-,42-/m0/s1. The van der Waals surface area contributed by atoms with Gasteiger partial charge in [0.25, 0.3) is 0 Å². The van der Waals surface area contributed by atoms with Crippen LogP contribution in [-0.2, 0) is 38.4 Å². The minimum Gasteiger partial charge on any atom is -0.481 e. The van der Waals surface area contributed by atoms with Gasteiger partial charge in [0.05, 0.1) is 41.9 Å². The largest absolute Gasteiger partial charge is 0.481 e. The molecule has 19 heteroatoms. The molecule has 6 aliphatic heterocycles. The Balaban J connectivity index is 1.52. The molecular formula is C42H52N6O13. The summed E-state index contributed by atoms with van der Waals surface area (Å²) in [5, 5.41) is 56.8. The van der Waals surface area contributed by atoms with Crippen molar-refractivity contribution in [2.75, 3.05) is 0 Å². The molecule has 9 N–H and O–H groups in total. The summed E-state index contributed by atoms with van der Waals surface area (Å²) in [6.07, 6.45) is -0.169. The number of rotatable bonds is 15. The number of carbonyl (C=O) groups excluding carboxylic acids is 3. The van der Waals surface area contributed by atoms with E-state index < -0.39 is 106 Å². The number of nitrogens with two attached hydrogens (primary N) is 1. The van der Waals surface area contributed by atoms with Crippen molar-refractivity contribution in [3.8, 4) is 0 Å². The number of carboxylic acids is 5. The molecule has 19 nitrogen and oxygen atoms in total. The van der Waals surface area contributed by atoms with Gasteiger partial charge in [-0.15, -0.1) is 0 Å². The Morgan fingerprint density at radius 2 is 1.48 bits per heavy atom. The second-order valence-corrected chi connectivity index (χ2v) is 18.4. The number of aliphatic imine (C=N–C) groups is 3. The maximum atomic E-state index is 14.2. The molecule has 0 aromatic carbocycles. The molecule has 7 aliphatic rings. The minimum absolute atomic E-state index is 0.00832. The number of allylic oxidation sites excluding steroid dienone is 4. The zero-order chi connectivity index (χ0) is 44.3. The Morgan fingerprint density at radius 1 is 0.820 bits per heavy atom. The lowest BCUT2D eigenvalue weighted by atomic mass is 9.63. The average molecular weight is 849 g/mol. The van der Waals surface area contributed by atoms with Gasteiger partial charge in [-0.05, 0) is 37.7 Å². The minimum atomic E-state index is -1.34. The molecule has 11 atom stereocenters. The third-order valence-corrected chi connectivity index (χ3v) is 14.8. The van der Waals surface area contributed by atoms with Crippen molar-refractivity contribution in [1.29, 1.82) is 0 Å². The highest BCUT2D eigenvalue weighted by molar-refractivity contribution is 6.26. The van der Waals surface area contributed by atoms with Gasteiger partial charge < -0.3 is 41.9 Å². The summed E-state index contributed by atoms with van der Waals surface area (Å²) in [5.74, 6) is -11.4. The number of nitrogens with zero attached hydrogens (tertiary/aromatic N) is 3. The molecule has 2 amide bonds. The van der Waals surface area contributed by atoms with Gasteiger partial charge in [-0.2, -0.15) is 0 Å². The Kier molecular flexibility index (Phi) is 11.3. The first-order valence-electron chi connectivity index (χ1n) is 20.9. The van der Waals surface area contributed by atoms with Gasteiger partial charge in [0.15, 0.2) is 5.78 Å². The first-order valence-corrected chi connectivity index (χ1v) is 20.9. The number of carbonyl (C=O) groups is 8. The number of nitrogens with one attached hydrogen (secondary N) is 2. The molecule has 3 fully saturated rings. The van der Waals surface area contributed by atoms with Crippen LogP contribution in [0.4, 0.5) is 0 Å². The lowest BCUT2D eigenvalue weighted by Gasteiger charge is -2.42. The van der Waals surface area contributed by atoms with Crippen LogP contribution in [0.1, 0.15) is 104 Å². The SMILES string of the molecule is C[C@@]12CC(=O)N[C@@]13C[C@@H]1N=C(CC4N=C5C(=C6N=C(C=C(N3)[C@H]2CCC(=O)O)[C@@H](CC(=O)O)[C@@H]6CCC(=O)O)C(=O)CC[C@H]5[C@@H]4CC(=O)O)[C@@](C)(CC(N)=O)[C@@H]1CCC(=O)O. The van der Waals surface area contributed by atoms with Crippen molar-refractivity contribution in [1.82, 2.24) is 10.6 Å². The third-order valence-electron chi connectivity index (χ3n) is 14.8. The number of hydrogen-bond acceptors (Lipinski definition) is 12. The van der Waals surface area contributed by atoms with Crippen LogP contribution < -0.4 is 16.4 Å². The first-order chi connectivity index (χ1) is 28.7. The molecule has 1 saturated carbocycles. The van der Waals surface area contributed by atoms with Crippen molar-refractivity contribution >= 4 is 64.6 Å². The Bertz CT molecular complexity index is 2160. The molecule has 61 heavy (non-hydrogen) atoms. The molecule has 7 rings (SSSR count). The van der Waals surface area contributed by atoms with Gasteiger partial charge in [0, 0.05) is 109 Å². The van der Waals surface area contributed by atoms with E-state index in [1.165, 1.54) is 0 Å². The number of carboxylic acid groups (broad SMARTS) is 5. The summed E-state index contributed by atoms with van der Waals surface area (Å²) in [6.45, 7) is 3.63. The fourth-order valence-corrected chi connectivity index (χ4v) is 12.1. The Labute approximate surface area is 350 Å². The van der Waals surface area contributed by atoms with Crippen LogP contribution in [0, 0.1) is 46.3 Å². The number of Topliss-reactive ketones (excluding diaryl/α,β-unsaturated/α-hetero) is 1. The van der Waals surface area contributed by atoms with E-state index in [2.05, 4.69) is 10.6 Å². The summed E-state index contributed by atoms with van der Waals surface area (Å²) >= 11 is 0. The van der Waals surface area contributed by atoms with Gasteiger partial charge in [-0.3, -0.25) is 53.3 Å². The summed E-state index contributed by atoms with van der Waals surface area (Å²) in [6, 6.07) is -1.54. The van der Waals surface area contributed by atoms with Crippen LogP contribution in [0.15, 0.2) is 38.0 Å². The number of amides is 2. The molecular weight excluding hydrogens is 796 g/mol. The molecule has 8 bridgehead atoms. The van der Waals surface area contributed by atoms with E-state index in [9.17, 15) is 63.9 Å². The number of primary amides is 1. The van der Waals surface area contributed by atoms with Crippen molar-refractivity contribution in [3.05, 3.63) is 23.0 Å². The number of ketones is 1. The van der Waals surface area contributed by atoms with Crippen LogP contribution >= 0.6 is 0 Å². The summed E-state index contributed by atoms with van der Waals surface area (Å²) in [5.41, 5.74) is 4.03. The van der Waals surface area contributed by atoms with Gasteiger partial charge in [0.2, 0.25) is 11.8 Å². The lowest BCUT2D eigenvalue weighted by molar-refractivity contribution is -0.139. The van der Waals surface area contributed by atoms with Gasteiger partial charge in [-0.1, -0.05) is 13.8 Å². The van der Waals surface area contributed by atoms with E-state index >= 15 is 0 Å². The smallest absolute Gasteiger partial charge is 0.304 e. The first kappa shape index (κ1) is 43.3. The van der Waals surface area contributed by atoms with Gasteiger partial charge in [0.1, 0.15) is 5.66 Å². The van der Waals surface area contributed by atoms with Crippen LogP contribution in [-0.4, -0.2) is 108 Å². The molecule has 1 aliphatic carbocycles. The summed E-state index contributed by atoms with van der Waals surface area (Å²) < 4.78 is 0. The number of aliphatic carboxylic acids is 5. The second kappa shape index (κ2) is 15.9. The molecule has 6 heterocycles. The molecule has 1 spiro atoms. The van der Waals surface area contributed by atoms with Crippen molar-refractivity contribution in [2.24, 2.45) is 67.0 Å². The zero-order valence-corrected chi connectivity index (χ0v) is 34.0. The molecule has 0 aromatic rings. The van der Waals surface area contributed by atoms with Crippen LogP contribution in [0.5, 0.6) is 0 Å². The highest BCUT2D eigenvalue weighted by atomic mass is 16.4. The maximum absolute atomic E-state index is 14.2. The summed E-state index contributed by atoms with van der Waals surface area (Å²) in [7, 11) is 0. The normalized spacial score (nSPS) is 36.0. The monoisotopic (exact) mass is 848 g/mol. The molecule has 0 aromatic heterocycles. The summed E-state index contributed by atoms with van der Waals surface area (Å²) in [4.78, 5) is 117. The zero-order valence-electron chi connectivity index (χ0n) is 34.0. The molecule has 1 unspecified atom stereocenters. The maximum Gasteiger partial charge on any atom is 0.304 e. The van der Waals surface area contributed by atoms with Crippen molar-refractivity contribution < 1.29 is 63.9 Å². The predicted molar refractivity (Wildman–Crippen MR) is 213 cm³/mol. The second-order valence-electron chi connectivity index (χ2n) is 18.4. The Hall–Kier alpha value is -5.75. The van der Waals surface area contributed by atoms with E-state index in [-0.39, 0.29) is 112 Å². The van der Waals surface area contributed by atoms with Crippen molar-refractivity contribution in [2.45, 2.75) is 121 Å². The van der Waals surface area contributed by atoms with Gasteiger partial charge in [-0.25, -0.2) is 0 Å². The number of hydrogen-bond donors (Lipinski definition) is 8. The van der Waals surface area contributed by atoms with Crippen LogP contribution in [0.2, 0.25) is 0 Å². The fourth-order valence-electron chi connectivity index (χ4n) is 12.1. The van der Waals surface area contributed by atoms with Gasteiger partial charge >= 0.3 is 29.8 Å². The van der Waals surface area contributed by atoms with Crippen LogP contribution in [0.3, 0.4) is 0 Å². The third kappa shape index (κ3) is 7.75. The molecule has 2 saturated heterocycles. The van der Waals surface area contributed by atoms with Crippen molar-refractivity contribution in [3.63, 3.8) is 0 Å². The highest BCUT2D eigenvalue weighted by Gasteiger charge is 2.66. The van der Waals surface area contributed by atoms with E-state index in [0.29, 0.717) is 17.1 Å². The fraction of sp³-hybridized carbons (Fsp3) is 0.643. The van der Waals surface area contributed by atoms with E-state index in [0.717, 1.165) is 0 Å². The highest BCUT2D eigenvalue weighted by Crippen LogP contribution is 2.59. The Morgan fingerprint density at radius 3 is 2.11 bits per heavy atom. The lowest BCUT2D eigenvalue weighted by Crippen LogP contribution is -2.59. The molecule has 0 radical (unpaired) electrons. The van der Waals surface area contributed by atoms with E-state index in [4.69, 9.17) is 20.7 Å². The van der Waals surface area contributed by atoms with E-state index in [1.807, 2.05) is 6.92 Å². The average Bonchev–Trinajstić information content (AvgIpc) is 3.83. The predicted octanol–water partition coefficient (Wildman–Crippen LogP) is 2.33. The van der Waals surface area contributed by atoms with E-state index in [1.54, 1.807) is 13.0 Å². The van der Waals surface area contributed by atoms with Crippen LogP contribution in [0.25, 0.3) is 0 Å².